The van der Waals surface area contributed by atoms with Crippen LogP contribution in [0.1, 0.15) is 51.8 Å². The van der Waals surface area contributed by atoms with Crippen molar-refractivity contribution in [3.05, 3.63) is 59.2 Å². The second-order valence-electron chi connectivity index (χ2n) is 7.07. The summed E-state index contributed by atoms with van der Waals surface area (Å²) in [4.78, 5) is 50.9. The number of anilines is 1. The molecule has 0 spiro atoms. The lowest BCUT2D eigenvalue weighted by Gasteiger charge is -2.17. The third-order valence-corrected chi connectivity index (χ3v) is 4.69. The highest BCUT2D eigenvalue weighted by atomic mass is 16.5. The van der Waals surface area contributed by atoms with E-state index in [1.54, 1.807) is 38.1 Å². The second-order valence-corrected chi connectivity index (χ2v) is 7.07. The molecule has 8 heteroatoms. The first kappa shape index (κ1) is 21.0. The van der Waals surface area contributed by atoms with Crippen LogP contribution in [-0.4, -0.2) is 47.8 Å². The van der Waals surface area contributed by atoms with Crippen molar-refractivity contribution in [3.8, 4) is 5.75 Å². The maximum absolute atomic E-state index is 12.5. The number of carbonyl (C=O) groups is 4. The Morgan fingerprint density at radius 1 is 0.967 bits per heavy atom. The van der Waals surface area contributed by atoms with Crippen molar-refractivity contribution in [2.24, 2.45) is 0 Å². The highest BCUT2D eigenvalue weighted by molar-refractivity contribution is 6.22. The van der Waals surface area contributed by atoms with Gasteiger partial charge < -0.3 is 14.8 Å². The van der Waals surface area contributed by atoms with Gasteiger partial charge in [0.25, 0.3) is 17.7 Å². The summed E-state index contributed by atoms with van der Waals surface area (Å²) in [7, 11) is 1.48. The van der Waals surface area contributed by atoms with E-state index in [0.29, 0.717) is 11.4 Å². The molecule has 0 radical (unpaired) electrons. The third kappa shape index (κ3) is 3.89. The maximum Gasteiger partial charge on any atom is 0.338 e. The molecule has 0 fully saturated rings. The van der Waals surface area contributed by atoms with E-state index in [0.717, 1.165) is 4.90 Å². The maximum atomic E-state index is 12.5. The molecule has 0 bridgehead atoms. The molecule has 3 amide bonds. The summed E-state index contributed by atoms with van der Waals surface area (Å²) in [6.07, 6.45) is -1.10. The van der Waals surface area contributed by atoms with Gasteiger partial charge >= 0.3 is 5.97 Å². The van der Waals surface area contributed by atoms with E-state index in [9.17, 15) is 19.2 Å². The van der Waals surface area contributed by atoms with Gasteiger partial charge in [-0.2, -0.15) is 0 Å². The minimum atomic E-state index is -1.10. The highest BCUT2D eigenvalue weighted by Gasteiger charge is 2.37. The number of fused-ring (bicyclic) bond motifs is 1. The van der Waals surface area contributed by atoms with E-state index in [-0.39, 0.29) is 22.7 Å². The Morgan fingerprint density at radius 2 is 1.63 bits per heavy atom. The molecular formula is C22H22N2O6. The number of hydrogen-bond donors (Lipinski definition) is 1. The number of hydrogen-bond acceptors (Lipinski definition) is 6. The third-order valence-electron chi connectivity index (χ3n) is 4.69. The summed E-state index contributed by atoms with van der Waals surface area (Å²) in [5.41, 5.74) is 0.919. The molecule has 30 heavy (non-hydrogen) atoms. The van der Waals surface area contributed by atoms with E-state index < -0.39 is 29.8 Å². The monoisotopic (exact) mass is 410 g/mol. The molecule has 0 aromatic heterocycles. The second kappa shape index (κ2) is 8.36. The summed E-state index contributed by atoms with van der Waals surface area (Å²) in [5, 5.41) is 2.64. The van der Waals surface area contributed by atoms with Gasteiger partial charge in [-0.1, -0.05) is 12.1 Å². The van der Waals surface area contributed by atoms with Gasteiger partial charge in [0.15, 0.2) is 6.10 Å². The highest BCUT2D eigenvalue weighted by Crippen LogP contribution is 2.26. The number of rotatable bonds is 6. The molecule has 8 nitrogen and oxygen atoms in total. The Kier molecular flexibility index (Phi) is 5.86. The van der Waals surface area contributed by atoms with E-state index in [2.05, 4.69) is 5.32 Å². The molecule has 0 saturated heterocycles. The van der Waals surface area contributed by atoms with Gasteiger partial charge in [-0.3, -0.25) is 19.3 Å². The van der Waals surface area contributed by atoms with Gasteiger partial charge in [0.2, 0.25) is 0 Å². The molecule has 156 valence electrons. The Morgan fingerprint density at radius 3 is 2.30 bits per heavy atom. The molecule has 1 N–H and O–H groups in total. The van der Waals surface area contributed by atoms with E-state index in [1.807, 2.05) is 0 Å². The van der Waals surface area contributed by atoms with Crippen molar-refractivity contribution < 1.29 is 28.7 Å². The fraction of sp³-hybridized carbons (Fsp3) is 0.273. The number of nitrogens with one attached hydrogen (secondary N) is 1. The number of amides is 3. The molecule has 2 aromatic rings. The lowest BCUT2D eigenvalue weighted by atomic mass is 10.1. The molecule has 3 rings (SSSR count). The van der Waals surface area contributed by atoms with E-state index in [4.69, 9.17) is 9.47 Å². The first-order valence-electron chi connectivity index (χ1n) is 9.41. The minimum Gasteiger partial charge on any atom is -0.495 e. The number of esters is 1. The summed E-state index contributed by atoms with van der Waals surface area (Å²) < 4.78 is 10.4. The van der Waals surface area contributed by atoms with Gasteiger partial charge in [-0.05, 0) is 51.1 Å². The zero-order chi connectivity index (χ0) is 22.0. The predicted molar refractivity (Wildman–Crippen MR) is 109 cm³/mol. The summed E-state index contributed by atoms with van der Waals surface area (Å²) in [5.74, 6) is -1.69. The largest absolute Gasteiger partial charge is 0.495 e. The van der Waals surface area contributed by atoms with Gasteiger partial charge in [0.05, 0.1) is 29.5 Å². The number of imide groups is 1. The smallest absolute Gasteiger partial charge is 0.338 e. The fourth-order valence-electron chi connectivity index (χ4n) is 3.12. The zero-order valence-corrected chi connectivity index (χ0v) is 17.1. The first-order valence-corrected chi connectivity index (χ1v) is 9.41. The number of nitrogens with zero attached hydrogens (tertiary/aromatic N) is 1. The van der Waals surface area contributed by atoms with Crippen LogP contribution in [0, 0.1) is 0 Å². The van der Waals surface area contributed by atoms with Crippen LogP contribution in [0.2, 0.25) is 0 Å². The lowest BCUT2D eigenvalue weighted by molar-refractivity contribution is -0.123. The topological polar surface area (TPSA) is 102 Å². The summed E-state index contributed by atoms with van der Waals surface area (Å²) >= 11 is 0. The Bertz CT molecular complexity index is 1030. The molecule has 0 saturated carbocycles. The standard InChI is InChI=1S/C22H22N2O6/c1-12(2)24-20(26)15-10-9-14(11-16(15)21(24)27)22(28)30-13(3)19(25)23-17-7-5-6-8-18(17)29-4/h5-13H,1-4H3,(H,23,25)/t13-/m0/s1. The van der Waals surface area contributed by atoms with E-state index >= 15 is 0 Å². The van der Waals surface area contributed by atoms with Crippen molar-refractivity contribution in [2.75, 3.05) is 12.4 Å². The molecular weight excluding hydrogens is 388 g/mol. The van der Waals surface area contributed by atoms with Crippen LogP contribution in [-0.2, 0) is 9.53 Å². The number of benzene rings is 2. The summed E-state index contributed by atoms with van der Waals surface area (Å²) in [6.45, 7) is 4.91. The number of para-hydroxylation sites is 2. The van der Waals surface area contributed by atoms with Crippen molar-refractivity contribution in [1.82, 2.24) is 4.90 Å². The van der Waals surface area contributed by atoms with Gasteiger partial charge in [-0.15, -0.1) is 0 Å². The van der Waals surface area contributed by atoms with Crippen LogP contribution in [0.25, 0.3) is 0 Å². The quantitative estimate of drug-likeness (QED) is 0.580. The molecule has 1 aliphatic rings. The molecule has 2 aromatic carbocycles. The number of ether oxygens (including phenoxy) is 2. The number of methoxy groups -OCH3 is 1. The van der Waals surface area contributed by atoms with E-state index in [1.165, 1.54) is 32.2 Å². The van der Waals surface area contributed by atoms with Gasteiger partial charge in [-0.25, -0.2) is 4.79 Å². The molecule has 0 unspecified atom stereocenters. The fourth-order valence-corrected chi connectivity index (χ4v) is 3.12. The van der Waals surface area contributed by atoms with Crippen molar-refractivity contribution in [3.63, 3.8) is 0 Å². The van der Waals surface area contributed by atoms with Crippen LogP contribution in [0.15, 0.2) is 42.5 Å². The zero-order valence-electron chi connectivity index (χ0n) is 17.1. The van der Waals surface area contributed by atoms with Gasteiger partial charge in [0, 0.05) is 6.04 Å². The summed E-state index contributed by atoms with van der Waals surface area (Å²) in [6, 6.07) is 10.7. The lowest BCUT2D eigenvalue weighted by Crippen LogP contribution is -2.35. The molecule has 1 heterocycles. The minimum absolute atomic E-state index is 0.0810. The van der Waals surface area contributed by atoms with Crippen LogP contribution < -0.4 is 10.1 Å². The molecule has 1 atom stereocenters. The van der Waals surface area contributed by atoms with Crippen LogP contribution >= 0.6 is 0 Å². The number of carbonyl (C=O) groups excluding carboxylic acids is 4. The van der Waals surface area contributed by atoms with Crippen LogP contribution in [0.3, 0.4) is 0 Å². The predicted octanol–water partition coefficient (Wildman–Crippen LogP) is 2.88. The SMILES string of the molecule is COc1ccccc1NC(=O)[C@H](C)OC(=O)c1ccc2c(c1)C(=O)N(C(C)C)C2=O. The molecule has 0 aliphatic carbocycles. The van der Waals surface area contributed by atoms with Crippen LogP contribution in [0.5, 0.6) is 5.75 Å². The first-order chi connectivity index (χ1) is 14.2. The Balaban J connectivity index is 1.72. The van der Waals surface area contributed by atoms with Crippen molar-refractivity contribution in [2.45, 2.75) is 32.9 Å². The van der Waals surface area contributed by atoms with Crippen LogP contribution in [0.4, 0.5) is 5.69 Å². The Labute approximate surface area is 173 Å². The normalized spacial score (nSPS) is 13.8. The van der Waals surface area contributed by atoms with Crippen molar-refractivity contribution >= 4 is 29.4 Å². The molecule has 1 aliphatic heterocycles. The Hall–Kier alpha value is -3.68. The van der Waals surface area contributed by atoms with Crippen molar-refractivity contribution in [1.29, 1.82) is 0 Å². The average molecular weight is 410 g/mol. The van der Waals surface area contributed by atoms with Gasteiger partial charge in [0.1, 0.15) is 5.75 Å². The average Bonchev–Trinajstić information content (AvgIpc) is 2.98.